The van der Waals surface area contributed by atoms with E-state index in [1.807, 2.05) is 25.1 Å². The van der Waals surface area contributed by atoms with Gasteiger partial charge < -0.3 is 10.1 Å². The van der Waals surface area contributed by atoms with Crippen molar-refractivity contribution in [2.75, 3.05) is 18.2 Å². The monoisotopic (exact) mass is 315 g/mol. The van der Waals surface area contributed by atoms with E-state index in [1.54, 1.807) is 42.1 Å². The van der Waals surface area contributed by atoms with Gasteiger partial charge >= 0.3 is 5.97 Å². The van der Waals surface area contributed by atoms with E-state index in [2.05, 4.69) is 10.1 Å². The number of nitrogens with one attached hydrogen (secondary N) is 1. The smallest absolute Gasteiger partial charge is 0.337 e. The predicted molar refractivity (Wildman–Crippen MR) is 88.6 cm³/mol. The third kappa shape index (κ3) is 3.89. The first-order valence-electron chi connectivity index (χ1n) is 6.87. The van der Waals surface area contributed by atoms with Gasteiger partial charge in [0.25, 0.3) is 5.91 Å². The van der Waals surface area contributed by atoms with Gasteiger partial charge in [-0.2, -0.15) is 0 Å². The number of esters is 1. The van der Waals surface area contributed by atoms with Gasteiger partial charge in [-0.1, -0.05) is 19.1 Å². The van der Waals surface area contributed by atoms with Crippen LogP contribution in [-0.2, 0) is 4.74 Å². The lowest BCUT2D eigenvalue weighted by Crippen LogP contribution is -2.13. The molecule has 0 saturated carbocycles. The molecular formula is C17H17NO3S. The number of hydrogen-bond donors (Lipinski definition) is 1. The first-order chi connectivity index (χ1) is 10.7. The predicted octanol–water partition coefficient (Wildman–Crippen LogP) is 3.84. The molecule has 1 N–H and O–H groups in total. The van der Waals surface area contributed by atoms with Crippen molar-refractivity contribution in [3.8, 4) is 0 Å². The number of ether oxygens (including phenoxy) is 1. The molecular weight excluding hydrogens is 298 g/mol. The van der Waals surface area contributed by atoms with E-state index < -0.39 is 5.97 Å². The molecule has 0 aromatic heterocycles. The number of hydrogen-bond acceptors (Lipinski definition) is 4. The Morgan fingerprint density at radius 2 is 1.77 bits per heavy atom. The summed E-state index contributed by atoms with van der Waals surface area (Å²) < 4.78 is 4.64. The van der Waals surface area contributed by atoms with E-state index in [-0.39, 0.29) is 5.91 Å². The largest absolute Gasteiger partial charge is 0.465 e. The molecule has 0 unspecified atom stereocenters. The van der Waals surface area contributed by atoms with E-state index in [4.69, 9.17) is 0 Å². The normalized spacial score (nSPS) is 10.1. The maximum Gasteiger partial charge on any atom is 0.337 e. The first kappa shape index (κ1) is 16.1. The second kappa shape index (κ2) is 7.66. The van der Waals surface area contributed by atoms with E-state index in [9.17, 15) is 9.59 Å². The topological polar surface area (TPSA) is 55.4 Å². The van der Waals surface area contributed by atoms with E-state index in [0.717, 1.165) is 10.6 Å². The molecule has 0 aliphatic rings. The molecule has 22 heavy (non-hydrogen) atoms. The zero-order valence-electron chi connectivity index (χ0n) is 12.5. The Bertz CT molecular complexity index is 668. The highest BCUT2D eigenvalue weighted by Gasteiger charge is 2.11. The van der Waals surface area contributed by atoms with Crippen molar-refractivity contribution in [3.05, 3.63) is 59.7 Å². The molecule has 2 aromatic rings. The van der Waals surface area contributed by atoms with Crippen LogP contribution in [0.2, 0.25) is 0 Å². The molecule has 2 aromatic carbocycles. The molecule has 0 aliphatic carbocycles. The molecule has 114 valence electrons. The van der Waals surface area contributed by atoms with Crippen LogP contribution in [0, 0.1) is 0 Å². The molecule has 2 rings (SSSR count). The summed E-state index contributed by atoms with van der Waals surface area (Å²) in [5, 5.41) is 2.84. The van der Waals surface area contributed by atoms with Crippen molar-refractivity contribution in [2.24, 2.45) is 0 Å². The van der Waals surface area contributed by atoms with Crippen molar-refractivity contribution in [1.29, 1.82) is 0 Å². The minimum absolute atomic E-state index is 0.164. The van der Waals surface area contributed by atoms with Gasteiger partial charge in [-0.3, -0.25) is 4.79 Å². The van der Waals surface area contributed by atoms with Crippen molar-refractivity contribution < 1.29 is 14.3 Å². The van der Waals surface area contributed by atoms with Crippen molar-refractivity contribution >= 4 is 29.3 Å². The van der Waals surface area contributed by atoms with Crippen LogP contribution in [0.4, 0.5) is 5.69 Å². The number of benzene rings is 2. The van der Waals surface area contributed by atoms with Gasteiger partial charge in [0, 0.05) is 10.6 Å². The van der Waals surface area contributed by atoms with Gasteiger partial charge in [0.05, 0.1) is 18.2 Å². The molecule has 0 aliphatic heterocycles. The highest BCUT2D eigenvalue weighted by molar-refractivity contribution is 7.99. The van der Waals surface area contributed by atoms with E-state index >= 15 is 0 Å². The average Bonchev–Trinajstić information content (AvgIpc) is 2.55. The van der Waals surface area contributed by atoms with Crippen LogP contribution in [-0.4, -0.2) is 24.7 Å². The summed E-state index contributed by atoms with van der Waals surface area (Å²) in [6, 6.07) is 14.1. The molecule has 0 heterocycles. The van der Waals surface area contributed by atoms with E-state index in [1.165, 1.54) is 7.11 Å². The highest BCUT2D eigenvalue weighted by Crippen LogP contribution is 2.23. The number of thioether (sulfide) groups is 1. The quantitative estimate of drug-likeness (QED) is 0.673. The van der Waals surface area contributed by atoms with Crippen LogP contribution in [0.1, 0.15) is 27.6 Å². The zero-order chi connectivity index (χ0) is 15.9. The molecule has 4 nitrogen and oxygen atoms in total. The van der Waals surface area contributed by atoms with Crippen LogP contribution in [0.5, 0.6) is 0 Å². The number of rotatable bonds is 5. The third-order valence-corrected chi connectivity index (χ3v) is 3.95. The molecule has 0 spiro atoms. The van der Waals surface area contributed by atoms with Gasteiger partial charge in [0.2, 0.25) is 0 Å². The summed E-state index contributed by atoms with van der Waals surface area (Å²) in [5.74, 6) is 0.336. The summed E-state index contributed by atoms with van der Waals surface area (Å²) >= 11 is 1.63. The van der Waals surface area contributed by atoms with Crippen molar-refractivity contribution in [3.63, 3.8) is 0 Å². The van der Waals surface area contributed by atoms with Crippen LogP contribution in [0.3, 0.4) is 0 Å². The number of carbonyl (C=O) groups is 2. The summed E-state index contributed by atoms with van der Waals surface area (Å²) in [5.41, 5.74) is 1.72. The Morgan fingerprint density at radius 3 is 2.41 bits per heavy atom. The highest BCUT2D eigenvalue weighted by atomic mass is 32.2. The summed E-state index contributed by atoms with van der Waals surface area (Å²) in [6.07, 6.45) is 0. The molecule has 0 fully saturated rings. The van der Waals surface area contributed by atoms with Gasteiger partial charge in [0.1, 0.15) is 0 Å². The summed E-state index contributed by atoms with van der Waals surface area (Å²) in [7, 11) is 1.33. The summed E-state index contributed by atoms with van der Waals surface area (Å²) in [4.78, 5) is 24.7. The second-order valence-corrected chi connectivity index (χ2v) is 5.76. The second-order valence-electron chi connectivity index (χ2n) is 4.45. The van der Waals surface area contributed by atoms with Crippen LogP contribution in [0.25, 0.3) is 0 Å². The van der Waals surface area contributed by atoms with Gasteiger partial charge in [-0.15, -0.1) is 11.8 Å². The number of anilines is 1. The lowest BCUT2D eigenvalue weighted by Gasteiger charge is -2.09. The maximum atomic E-state index is 12.4. The van der Waals surface area contributed by atoms with Crippen LogP contribution >= 0.6 is 11.8 Å². The minimum atomic E-state index is -0.400. The van der Waals surface area contributed by atoms with E-state index in [0.29, 0.717) is 16.8 Å². The SMILES string of the molecule is CCSc1ccccc1C(=O)Nc1ccc(C(=O)OC)cc1. The number of carbonyl (C=O) groups excluding carboxylic acids is 2. The zero-order valence-corrected chi connectivity index (χ0v) is 13.3. The maximum absolute atomic E-state index is 12.4. The molecule has 0 saturated heterocycles. The Hall–Kier alpha value is -2.27. The van der Waals surface area contributed by atoms with Crippen molar-refractivity contribution in [1.82, 2.24) is 0 Å². The fourth-order valence-electron chi connectivity index (χ4n) is 1.94. The van der Waals surface area contributed by atoms with Crippen LogP contribution < -0.4 is 5.32 Å². The number of amides is 1. The van der Waals surface area contributed by atoms with Gasteiger partial charge in [-0.25, -0.2) is 4.79 Å². The fraction of sp³-hybridized carbons (Fsp3) is 0.176. The Morgan fingerprint density at radius 1 is 1.09 bits per heavy atom. The Balaban J connectivity index is 2.14. The molecule has 0 radical (unpaired) electrons. The minimum Gasteiger partial charge on any atom is -0.465 e. The molecule has 5 heteroatoms. The first-order valence-corrected chi connectivity index (χ1v) is 7.85. The standard InChI is InChI=1S/C17H17NO3S/c1-3-22-15-7-5-4-6-14(15)16(19)18-13-10-8-12(9-11-13)17(20)21-2/h4-11H,3H2,1-2H3,(H,18,19). The Labute approximate surface area is 133 Å². The molecule has 0 bridgehead atoms. The third-order valence-electron chi connectivity index (χ3n) is 3.00. The lowest BCUT2D eigenvalue weighted by molar-refractivity contribution is 0.0600. The van der Waals surface area contributed by atoms with Crippen LogP contribution in [0.15, 0.2) is 53.4 Å². The molecule has 0 atom stereocenters. The average molecular weight is 315 g/mol. The summed E-state index contributed by atoms with van der Waals surface area (Å²) in [6.45, 7) is 2.05. The number of methoxy groups -OCH3 is 1. The van der Waals surface area contributed by atoms with Gasteiger partial charge in [-0.05, 0) is 42.2 Å². The Kier molecular flexibility index (Phi) is 5.61. The lowest BCUT2D eigenvalue weighted by atomic mass is 10.2. The van der Waals surface area contributed by atoms with Gasteiger partial charge in [0.15, 0.2) is 0 Å². The van der Waals surface area contributed by atoms with Crippen molar-refractivity contribution in [2.45, 2.75) is 11.8 Å². The fourth-order valence-corrected chi connectivity index (χ4v) is 2.74. The molecule has 1 amide bonds.